The minimum absolute atomic E-state index is 0.257. The number of thioether (sulfide) groups is 1. The Morgan fingerprint density at radius 3 is 2.68 bits per heavy atom. The van der Waals surface area contributed by atoms with Gasteiger partial charge in [0.05, 0.1) is 5.54 Å². The second-order valence-electron chi connectivity index (χ2n) is 7.50. The van der Waals surface area contributed by atoms with Crippen molar-refractivity contribution < 1.29 is 4.74 Å². The van der Waals surface area contributed by atoms with Gasteiger partial charge in [0.2, 0.25) is 5.23 Å². The summed E-state index contributed by atoms with van der Waals surface area (Å²) in [6.07, 6.45) is 18.0. The van der Waals surface area contributed by atoms with Crippen LogP contribution in [0, 0.1) is 5.92 Å². The van der Waals surface area contributed by atoms with Crippen LogP contribution < -0.4 is 0 Å². The summed E-state index contributed by atoms with van der Waals surface area (Å²) < 4.78 is 6.34. The second-order valence-corrected chi connectivity index (χ2v) is 8.54. The van der Waals surface area contributed by atoms with E-state index in [0.717, 1.165) is 5.23 Å². The van der Waals surface area contributed by atoms with Gasteiger partial charge in [-0.25, -0.2) is 4.99 Å². The zero-order valence-corrected chi connectivity index (χ0v) is 15.1. The molecule has 2 nitrogen and oxygen atoms in total. The van der Waals surface area contributed by atoms with Gasteiger partial charge in [0.1, 0.15) is 6.10 Å². The van der Waals surface area contributed by atoms with Gasteiger partial charge in [-0.15, -0.1) is 0 Å². The molecule has 3 aliphatic rings. The summed E-state index contributed by atoms with van der Waals surface area (Å²) in [7, 11) is 0. The number of aliphatic imine (C=N–C) groups is 1. The monoisotopic (exact) mass is 323 g/mol. The third-order valence-corrected chi connectivity index (χ3v) is 6.83. The molecule has 1 aliphatic heterocycles. The van der Waals surface area contributed by atoms with E-state index >= 15 is 0 Å². The van der Waals surface area contributed by atoms with E-state index < -0.39 is 0 Å². The van der Waals surface area contributed by atoms with Crippen LogP contribution in [0.2, 0.25) is 0 Å². The Labute approximate surface area is 140 Å². The van der Waals surface area contributed by atoms with E-state index in [1.807, 2.05) is 11.8 Å². The molecule has 0 saturated heterocycles. The zero-order valence-electron chi connectivity index (χ0n) is 14.3. The highest BCUT2D eigenvalue weighted by Gasteiger charge is 2.48. The van der Waals surface area contributed by atoms with Gasteiger partial charge >= 0.3 is 0 Å². The Kier molecular flexibility index (Phi) is 6.12. The molecule has 1 spiro atoms. The maximum absolute atomic E-state index is 6.34. The molecule has 0 aromatic rings. The van der Waals surface area contributed by atoms with E-state index in [9.17, 15) is 0 Å². The number of fused-ring (bicyclic) bond motifs is 2. The van der Waals surface area contributed by atoms with Gasteiger partial charge < -0.3 is 4.74 Å². The van der Waals surface area contributed by atoms with Gasteiger partial charge in [0.15, 0.2) is 0 Å². The molecule has 0 unspecified atom stereocenters. The summed E-state index contributed by atoms with van der Waals surface area (Å²) >= 11 is 1.90. The van der Waals surface area contributed by atoms with Crippen molar-refractivity contribution in [1.29, 1.82) is 0 Å². The first-order valence-electron chi connectivity index (χ1n) is 9.73. The highest BCUT2D eigenvalue weighted by Crippen LogP contribution is 2.48. The minimum Gasteiger partial charge on any atom is -0.469 e. The van der Waals surface area contributed by atoms with Crippen molar-refractivity contribution in [2.75, 3.05) is 5.75 Å². The first-order chi connectivity index (χ1) is 10.8. The molecule has 22 heavy (non-hydrogen) atoms. The summed E-state index contributed by atoms with van der Waals surface area (Å²) in [6.45, 7) is 2.28. The third kappa shape index (κ3) is 3.83. The van der Waals surface area contributed by atoms with Crippen molar-refractivity contribution >= 4 is 17.0 Å². The highest BCUT2D eigenvalue weighted by atomic mass is 32.2. The molecule has 0 N–H and O–H groups in total. The molecule has 2 fully saturated rings. The van der Waals surface area contributed by atoms with Crippen LogP contribution in [0.15, 0.2) is 4.99 Å². The van der Waals surface area contributed by atoms with Crippen molar-refractivity contribution in [3.8, 4) is 0 Å². The Hall–Kier alpha value is -0.180. The lowest BCUT2D eigenvalue weighted by atomic mass is 9.66. The number of hydrogen-bond acceptors (Lipinski definition) is 3. The van der Waals surface area contributed by atoms with Gasteiger partial charge in [-0.2, -0.15) is 0 Å². The van der Waals surface area contributed by atoms with Crippen molar-refractivity contribution in [2.24, 2.45) is 10.9 Å². The Morgan fingerprint density at radius 1 is 1.05 bits per heavy atom. The van der Waals surface area contributed by atoms with Crippen LogP contribution in [0.4, 0.5) is 0 Å². The van der Waals surface area contributed by atoms with Crippen molar-refractivity contribution in [2.45, 2.75) is 102 Å². The maximum atomic E-state index is 6.34. The molecule has 0 amide bonds. The average Bonchev–Trinajstić information content (AvgIpc) is 2.56. The van der Waals surface area contributed by atoms with Gasteiger partial charge in [0.25, 0.3) is 0 Å². The third-order valence-electron chi connectivity index (χ3n) is 5.90. The van der Waals surface area contributed by atoms with E-state index in [0.29, 0.717) is 12.0 Å². The van der Waals surface area contributed by atoms with Crippen LogP contribution >= 0.6 is 11.8 Å². The average molecular weight is 324 g/mol. The number of rotatable bonds is 5. The SMILES string of the molecule is CCCCCCSC1=NC2(CCCCC2)[C@H]2CCCC[C@H]2O1. The molecule has 2 aliphatic carbocycles. The van der Waals surface area contributed by atoms with Crippen LogP contribution in [0.5, 0.6) is 0 Å². The van der Waals surface area contributed by atoms with Gasteiger partial charge in [-0.1, -0.05) is 63.6 Å². The fraction of sp³-hybridized carbons (Fsp3) is 0.947. The van der Waals surface area contributed by atoms with Crippen molar-refractivity contribution in [3.05, 3.63) is 0 Å². The smallest absolute Gasteiger partial charge is 0.246 e. The van der Waals surface area contributed by atoms with Gasteiger partial charge in [0, 0.05) is 11.7 Å². The topological polar surface area (TPSA) is 21.6 Å². The van der Waals surface area contributed by atoms with E-state index in [-0.39, 0.29) is 5.54 Å². The Bertz CT molecular complexity index is 376. The summed E-state index contributed by atoms with van der Waals surface area (Å²) in [5, 5.41) is 1.04. The predicted molar refractivity (Wildman–Crippen MR) is 96.7 cm³/mol. The van der Waals surface area contributed by atoms with E-state index in [1.54, 1.807) is 0 Å². The quantitative estimate of drug-likeness (QED) is 0.583. The molecule has 0 aromatic carbocycles. The molecule has 0 radical (unpaired) electrons. The normalized spacial score (nSPS) is 30.5. The molecule has 3 heteroatoms. The van der Waals surface area contributed by atoms with Crippen LogP contribution in [0.3, 0.4) is 0 Å². The zero-order chi connectivity index (χ0) is 15.3. The number of ether oxygens (including phenoxy) is 1. The molecule has 3 rings (SSSR count). The van der Waals surface area contributed by atoms with Gasteiger partial charge in [-0.3, -0.25) is 0 Å². The first-order valence-corrected chi connectivity index (χ1v) is 10.7. The second kappa shape index (κ2) is 8.08. The number of hydrogen-bond donors (Lipinski definition) is 0. The van der Waals surface area contributed by atoms with Crippen molar-refractivity contribution in [3.63, 3.8) is 0 Å². The highest BCUT2D eigenvalue weighted by molar-refractivity contribution is 8.13. The molecule has 2 saturated carbocycles. The largest absolute Gasteiger partial charge is 0.469 e. The minimum atomic E-state index is 0.257. The van der Waals surface area contributed by atoms with E-state index in [2.05, 4.69) is 6.92 Å². The fourth-order valence-electron chi connectivity index (χ4n) is 4.67. The number of nitrogens with zero attached hydrogens (tertiary/aromatic N) is 1. The summed E-state index contributed by atoms with van der Waals surface area (Å²) in [6, 6.07) is 0. The van der Waals surface area contributed by atoms with Crippen LogP contribution in [-0.4, -0.2) is 22.6 Å². The van der Waals surface area contributed by atoms with Crippen LogP contribution in [-0.2, 0) is 4.74 Å². The lowest BCUT2D eigenvalue weighted by Crippen LogP contribution is -2.51. The Morgan fingerprint density at radius 2 is 1.86 bits per heavy atom. The Balaban J connectivity index is 1.64. The molecule has 0 bridgehead atoms. The molecular weight excluding hydrogens is 290 g/mol. The molecule has 126 valence electrons. The number of unbranched alkanes of at least 4 members (excludes halogenated alkanes) is 3. The summed E-state index contributed by atoms with van der Waals surface area (Å²) in [5.41, 5.74) is 0.257. The molecule has 0 aromatic heterocycles. The fourth-order valence-corrected chi connectivity index (χ4v) is 5.64. The standard InChI is InChI=1S/C19H33NOS/c1-2-3-4-10-15-22-18-20-19(13-8-5-9-14-19)16-11-6-7-12-17(16)21-18/h16-17H,2-15H2,1H3/t16-,17+/m0/s1. The first kappa shape index (κ1) is 16.7. The molecule has 2 atom stereocenters. The summed E-state index contributed by atoms with van der Waals surface area (Å²) in [4.78, 5) is 5.23. The lowest BCUT2D eigenvalue weighted by molar-refractivity contribution is 0.00299. The van der Waals surface area contributed by atoms with Gasteiger partial charge in [-0.05, 0) is 38.5 Å². The molecular formula is C19H33NOS. The molecule has 1 heterocycles. The maximum Gasteiger partial charge on any atom is 0.246 e. The summed E-state index contributed by atoms with van der Waals surface area (Å²) in [5.74, 6) is 1.90. The van der Waals surface area contributed by atoms with Crippen LogP contribution in [0.25, 0.3) is 0 Å². The van der Waals surface area contributed by atoms with E-state index in [1.165, 1.54) is 89.2 Å². The predicted octanol–water partition coefficient (Wildman–Crippen LogP) is 5.95. The van der Waals surface area contributed by atoms with Crippen LogP contribution in [0.1, 0.15) is 90.4 Å². The van der Waals surface area contributed by atoms with E-state index in [4.69, 9.17) is 9.73 Å². The lowest BCUT2D eigenvalue weighted by Gasteiger charge is -2.49. The van der Waals surface area contributed by atoms with Crippen molar-refractivity contribution in [1.82, 2.24) is 0 Å².